The van der Waals surface area contributed by atoms with Crippen molar-refractivity contribution in [3.8, 4) is 0 Å². The van der Waals surface area contributed by atoms with Crippen molar-refractivity contribution in [1.82, 2.24) is 0 Å². The van der Waals surface area contributed by atoms with Gasteiger partial charge in [0.2, 0.25) is 0 Å². The molecule has 0 bridgehead atoms. The Kier molecular flexibility index (Phi) is 4.76. The molecule has 0 aliphatic heterocycles. The van der Waals surface area contributed by atoms with E-state index in [1.54, 1.807) is 0 Å². The van der Waals surface area contributed by atoms with Gasteiger partial charge >= 0.3 is 6.09 Å². The Balaban J connectivity index is 1.88. The Bertz CT molecular complexity index is 651. The third-order valence-electron chi connectivity index (χ3n) is 2.63. The van der Waals surface area contributed by atoms with Gasteiger partial charge in [0.25, 0.3) is 5.69 Å². The maximum absolute atomic E-state index is 11.4. The lowest BCUT2D eigenvalue weighted by molar-refractivity contribution is -0.384. The van der Waals surface area contributed by atoms with Crippen molar-refractivity contribution in [3.63, 3.8) is 0 Å². The van der Waals surface area contributed by atoms with Gasteiger partial charge in [0.15, 0.2) is 0 Å². The number of hydrogen-bond donors (Lipinski definition) is 0. The fourth-order valence-corrected chi connectivity index (χ4v) is 1.57. The molecule has 6 heteroatoms. The van der Waals surface area contributed by atoms with E-state index in [-0.39, 0.29) is 12.3 Å². The molecule has 2 rings (SSSR count). The molecule has 0 unspecified atom stereocenters. The van der Waals surface area contributed by atoms with E-state index >= 15 is 0 Å². The van der Waals surface area contributed by atoms with Crippen LogP contribution in [0.1, 0.15) is 11.1 Å². The van der Waals surface area contributed by atoms with Gasteiger partial charge in [-0.1, -0.05) is 30.3 Å². The highest BCUT2D eigenvalue weighted by atomic mass is 16.6. The van der Waals surface area contributed by atoms with Crippen LogP contribution in [0.15, 0.2) is 59.6 Å². The van der Waals surface area contributed by atoms with Crippen molar-refractivity contribution < 1.29 is 14.5 Å². The number of carbonyl (C=O) groups is 1. The highest BCUT2D eigenvalue weighted by Gasteiger charge is 2.03. The summed E-state index contributed by atoms with van der Waals surface area (Å²) in [5.74, 6) is 0. The molecule has 0 atom stereocenters. The average Bonchev–Trinajstić information content (AvgIpc) is 2.52. The highest BCUT2D eigenvalue weighted by Crippen LogP contribution is 2.10. The molecule has 6 nitrogen and oxygen atoms in total. The Hall–Kier alpha value is -3.02. The number of rotatable bonds is 4. The van der Waals surface area contributed by atoms with Crippen LogP contribution in [0.25, 0.3) is 0 Å². The van der Waals surface area contributed by atoms with Gasteiger partial charge in [0.05, 0.1) is 4.92 Å². The Morgan fingerprint density at radius 1 is 1.14 bits per heavy atom. The normalized spacial score (nSPS) is 10.5. The summed E-state index contributed by atoms with van der Waals surface area (Å²) in [5.41, 5.74) is 1.44. The van der Waals surface area contributed by atoms with E-state index in [0.29, 0.717) is 5.56 Å². The minimum atomic E-state index is -0.711. The van der Waals surface area contributed by atoms with Gasteiger partial charge in [0, 0.05) is 18.3 Å². The van der Waals surface area contributed by atoms with Crippen molar-refractivity contribution >= 4 is 18.0 Å². The second kappa shape index (κ2) is 6.95. The summed E-state index contributed by atoms with van der Waals surface area (Å²) in [5, 5.41) is 10.5. The van der Waals surface area contributed by atoms with Gasteiger partial charge in [-0.2, -0.15) is 4.99 Å². The Morgan fingerprint density at radius 2 is 1.81 bits per heavy atom. The Labute approximate surface area is 120 Å². The van der Waals surface area contributed by atoms with Crippen molar-refractivity contribution in [3.05, 3.63) is 75.8 Å². The second-order valence-electron chi connectivity index (χ2n) is 4.15. The topological polar surface area (TPSA) is 81.8 Å². The van der Waals surface area contributed by atoms with Crippen LogP contribution in [-0.2, 0) is 11.3 Å². The fourth-order valence-electron chi connectivity index (χ4n) is 1.57. The van der Waals surface area contributed by atoms with Crippen LogP contribution in [-0.4, -0.2) is 17.2 Å². The molecular formula is C15H12N2O4. The molecule has 0 spiro atoms. The maximum atomic E-state index is 11.4. The number of non-ortho nitro benzene ring substituents is 1. The van der Waals surface area contributed by atoms with E-state index in [2.05, 4.69) is 4.99 Å². The molecule has 0 aliphatic rings. The van der Waals surface area contributed by atoms with Gasteiger partial charge < -0.3 is 4.74 Å². The molecule has 0 saturated carbocycles. The van der Waals surface area contributed by atoms with Crippen LogP contribution in [0.2, 0.25) is 0 Å². The number of nitro groups is 1. The van der Waals surface area contributed by atoms with Crippen LogP contribution >= 0.6 is 0 Å². The molecule has 21 heavy (non-hydrogen) atoms. The third kappa shape index (κ3) is 4.54. The van der Waals surface area contributed by atoms with Crippen molar-refractivity contribution in [2.45, 2.75) is 6.61 Å². The smallest absolute Gasteiger partial charge is 0.433 e. The molecule has 0 N–H and O–H groups in total. The zero-order chi connectivity index (χ0) is 15.1. The zero-order valence-corrected chi connectivity index (χ0v) is 11.0. The monoisotopic (exact) mass is 284 g/mol. The van der Waals surface area contributed by atoms with E-state index in [4.69, 9.17) is 4.74 Å². The van der Waals surface area contributed by atoms with Gasteiger partial charge in [-0.3, -0.25) is 10.1 Å². The van der Waals surface area contributed by atoms with Crippen molar-refractivity contribution in [2.75, 3.05) is 0 Å². The lowest BCUT2D eigenvalue weighted by atomic mass is 10.2. The van der Waals surface area contributed by atoms with E-state index < -0.39 is 11.0 Å². The number of nitro benzene ring substituents is 1. The predicted molar refractivity (Wildman–Crippen MR) is 77.3 cm³/mol. The minimum Gasteiger partial charge on any atom is -0.443 e. The first-order valence-corrected chi connectivity index (χ1v) is 6.14. The largest absolute Gasteiger partial charge is 0.443 e. The number of hydrogen-bond acceptors (Lipinski definition) is 4. The minimum absolute atomic E-state index is 0.0150. The number of nitrogens with zero attached hydrogens (tertiary/aromatic N) is 2. The molecule has 0 radical (unpaired) electrons. The average molecular weight is 284 g/mol. The van der Waals surface area contributed by atoms with Gasteiger partial charge in [-0.05, 0) is 23.3 Å². The van der Waals surface area contributed by atoms with Crippen LogP contribution in [0.4, 0.5) is 10.5 Å². The lowest BCUT2D eigenvalue weighted by Gasteiger charge is -2.00. The molecule has 2 aromatic rings. The standard InChI is InChI=1S/C15H12N2O4/c18-15(21-11-13-4-2-1-3-5-13)16-10-12-6-8-14(9-7-12)17(19)20/h1-10H,11H2/b16-10+. The highest BCUT2D eigenvalue weighted by molar-refractivity contribution is 5.88. The quantitative estimate of drug-likeness (QED) is 0.489. The van der Waals surface area contributed by atoms with Gasteiger partial charge in [-0.25, -0.2) is 4.79 Å². The zero-order valence-electron chi connectivity index (χ0n) is 11.0. The lowest BCUT2D eigenvalue weighted by Crippen LogP contribution is -1.99. The maximum Gasteiger partial charge on any atom is 0.433 e. The Morgan fingerprint density at radius 3 is 2.43 bits per heavy atom. The fraction of sp³-hybridized carbons (Fsp3) is 0.0667. The van der Waals surface area contributed by atoms with Crippen LogP contribution in [0.5, 0.6) is 0 Å². The van der Waals surface area contributed by atoms with Gasteiger partial charge in [-0.15, -0.1) is 0 Å². The molecule has 0 heterocycles. The summed E-state index contributed by atoms with van der Waals surface area (Å²) >= 11 is 0. The number of amides is 1. The SMILES string of the molecule is O=C(/N=C/c1ccc([N+](=O)[O-])cc1)OCc1ccccc1. The third-order valence-corrected chi connectivity index (χ3v) is 2.63. The van der Waals surface area contributed by atoms with Crippen molar-refractivity contribution in [1.29, 1.82) is 0 Å². The first kappa shape index (κ1) is 14.4. The predicted octanol–water partition coefficient (Wildman–Crippen LogP) is 3.35. The number of carbonyl (C=O) groups excluding carboxylic acids is 1. The molecule has 0 fully saturated rings. The van der Waals surface area contributed by atoms with E-state index in [9.17, 15) is 14.9 Å². The number of ether oxygens (including phenoxy) is 1. The molecule has 1 amide bonds. The first-order valence-electron chi connectivity index (χ1n) is 6.14. The van der Waals surface area contributed by atoms with Crippen LogP contribution in [0, 0.1) is 10.1 Å². The molecule has 0 aromatic heterocycles. The number of aliphatic imine (C=N–C) groups is 1. The summed E-state index contributed by atoms with van der Waals surface area (Å²) in [6.45, 7) is 0.150. The second-order valence-corrected chi connectivity index (χ2v) is 4.15. The van der Waals surface area contributed by atoms with E-state index in [0.717, 1.165) is 5.56 Å². The van der Waals surface area contributed by atoms with E-state index in [1.807, 2.05) is 30.3 Å². The first-order chi connectivity index (χ1) is 10.1. The molecule has 106 valence electrons. The molecular weight excluding hydrogens is 272 g/mol. The van der Waals surface area contributed by atoms with Gasteiger partial charge in [0.1, 0.15) is 6.61 Å². The van der Waals surface area contributed by atoms with Crippen LogP contribution < -0.4 is 0 Å². The molecule has 0 saturated heterocycles. The summed E-state index contributed by atoms with van der Waals surface area (Å²) < 4.78 is 4.97. The molecule has 0 aliphatic carbocycles. The van der Waals surface area contributed by atoms with E-state index in [1.165, 1.54) is 30.5 Å². The summed E-state index contributed by atoms with van der Waals surface area (Å²) in [7, 11) is 0. The number of benzene rings is 2. The van der Waals surface area contributed by atoms with Crippen LogP contribution in [0.3, 0.4) is 0 Å². The summed E-state index contributed by atoms with van der Waals surface area (Å²) in [4.78, 5) is 25.1. The summed E-state index contributed by atoms with van der Waals surface area (Å²) in [6, 6.07) is 15.0. The molecule has 2 aromatic carbocycles. The van der Waals surface area contributed by atoms with Crippen molar-refractivity contribution in [2.24, 2.45) is 4.99 Å². The summed E-state index contributed by atoms with van der Waals surface area (Å²) in [6.07, 6.45) is 0.592.